The van der Waals surface area contributed by atoms with Crippen LogP contribution < -0.4 is 4.90 Å². The van der Waals surface area contributed by atoms with Gasteiger partial charge < -0.3 is 10.0 Å². The fourth-order valence-corrected chi connectivity index (χ4v) is 3.19. The van der Waals surface area contributed by atoms with Crippen molar-refractivity contribution in [2.45, 2.75) is 18.9 Å². The van der Waals surface area contributed by atoms with E-state index in [2.05, 4.69) is 4.98 Å². The SMILES string of the molecule is OC1CCC2CN(c3ncc(Cl)cc3F)CC12. The van der Waals surface area contributed by atoms with E-state index in [9.17, 15) is 9.50 Å². The summed E-state index contributed by atoms with van der Waals surface area (Å²) in [6.07, 6.45) is 3.13. The maximum atomic E-state index is 13.7. The van der Waals surface area contributed by atoms with Gasteiger partial charge in [0.25, 0.3) is 0 Å². The lowest BCUT2D eigenvalue weighted by molar-refractivity contribution is 0.133. The van der Waals surface area contributed by atoms with Gasteiger partial charge in [-0.2, -0.15) is 0 Å². The molecule has 1 N–H and O–H groups in total. The second-order valence-electron chi connectivity index (χ2n) is 4.93. The van der Waals surface area contributed by atoms with Crippen LogP contribution in [0.5, 0.6) is 0 Å². The zero-order valence-electron chi connectivity index (χ0n) is 9.31. The average Bonchev–Trinajstić information content (AvgIpc) is 2.81. The summed E-state index contributed by atoms with van der Waals surface area (Å²) >= 11 is 5.68. The first-order valence-electron chi connectivity index (χ1n) is 5.89. The lowest BCUT2D eigenvalue weighted by Crippen LogP contribution is -2.25. The molecule has 5 heteroatoms. The Bertz CT molecular complexity index is 443. The van der Waals surface area contributed by atoms with Crippen molar-refractivity contribution in [1.29, 1.82) is 0 Å². The summed E-state index contributed by atoms with van der Waals surface area (Å²) in [5.41, 5.74) is 0. The molecular formula is C12H14ClFN2O. The number of halogens is 2. The number of aliphatic hydroxyl groups is 1. The van der Waals surface area contributed by atoms with Crippen LogP contribution in [0.15, 0.2) is 12.3 Å². The number of anilines is 1. The van der Waals surface area contributed by atoms with Crippen LogP contribution in [0.1, 0.15) is 12.8 Å². The molecule has 17 heavy (non-hydrogen) atoms. The second kappa shape index (κ2) is 4.10. The third kappa shape index (κ3) is 1.89. The molecule has 2 heterocycles. The molecule has 2 aliphatic rings. The molecule has 1 saturated heterocycles. The number of fused-ring (bicyclic) bond motifs is 1. The predicted molar refractivity (Wildman–Crippen MR) is 63.6 cm³/mol. The van der Waals surface area contributed by atoms with E-state index in [1.165, 1.54) is 12.3 Å². The maximum absolute atomic E-state index is 13.7. The first-order valence-corrected chi connectivity index (χ1v) is 6.27. The Kier molecular flexibility index (Phi) is 2.71. The van der Waals surface area contributed by atoms with Crippen molar-refractivity contribution in [2.24, 2.45) is 11.8 Å². The molecule has 1 aromatic rings. The van der Waals surface area contributed by atoms with Gasteiger partial charge in [-0.3, -0.25) is 0 Å². The molecular weight excluding hydrogens is 243 g/mol. The van der Waals surface area contributed by atoms with Crippen molar-refractivity contribution in [2.75, 3.05) is 18.0 Å². The van der Waals surface area contributed by atoms with Gasteiger partial charge >= 0.3 is 0 Å². The molecule has 92 valence electrons. The maximum Gasteiger partial charge on any atom is 0.167 e. The fourth-order valence-electron chi connectivity index (χ4n) is 3.05. The molecule has 0 aromatic carbocycles. The number of pyridine rings is 1. The smallest absolute Gasteiger partial charge is 0.167 e. The lowest BCUT2D eigenvalue weighted by Gasteiger charge is -2.19. The first kappa shape index (κ1) is 11.2. The number of nitrogens with zero attached hydrogens (tertiary/aromatic N) is 2. The number of rotatable bonds is 1. The topological polar surface area (TPSA) is 36.4 Å². The van der Waals surface area contributed by atoms with Crippen molar-refractivity contribution in [3.63, 3.8) is 0 Å². The van der Waals surface area contributed by atoms with Gasteiger partial charge in [-0.15, -0.1) is 0 Å². The highest BCUT2D eigenvalue weighted by Crippen LogP contribution is 2.39. The number of aromatic nitrogens is 1. The van der Waals surface area contributed by atoms with Crippen molar-refractivity contribution in [1.82, 2.24) is 4.98 Å². The summed E-state index contributed by atoms with van der Waals surface area (Å²) in [7, 11) is 0. The summed E-state index contributed by atoms with van der Waals surface area (Å²) < 4.78 is 13.7. The Morgan fingerprint density at radius 3 is 2.94 bits per heavy atom. The van der Waals surface area contributed by atoms with Crippen LogP contribution in [-0.2, 0) is 0 Å². The second-order valence-corrected chi connectivity index (χ2v) is 5.37. The average molecular weight is 257 g/mol. The Balaban J connectivity index is 1.83. The van der Waals surface area contributed by atoms with Crippen molar-refractivity contribution in [3.8, 4) is 0 Å². The van der Waals surface area contributed by atoms with Crippen LogP contribution in [0, 0.1) is 17.7 Å². The molecule has 2 fully saturated rings. The van der Waals surface area contributed by atoms with E-state index in [-0.39, 0.29) is 17.8 Å². The molecule has 3 rings (SSSR count). The van der Waals surface area contributed by atoms with Crippen LogP contribution in [-0.4, -0.2) is 29.3 Å². The van der Waals surface area contributed by atoms with Gasteiger partial charge in [-0.05, 0) is 24.8 Å². The molecule has 1 aromatic heterocycles. The van der Waals surface area contributed by atoms with E-state index in [0.717, 1.165) is 19.4 Å². The summed E-state index contributed by atoms with van der Waals surface area (Å²) in [5.74, 6) is 0.719. The molecule has 0 amide bonds. The fraction of sp³-hybridized carbons (Fsp3) is 0.583. The standard InChI is InChI=1S/C12H14ClFN2O/c13-8-3-10(14)12(15-4-8)16-5-7-1-2-11(17)9(7)6-16/h3-4,7,9,11,17H,1-2,5-6H2. The molecule has 3 nitrogen and oxygen atoms in total. The number of hydrogen-bond donors (Lipinski definition) is 1. The van der Waals surface area contributed by atoms with E-state index < -0.39 is 0 Å². The third-order valence-corrected chi connectivity index (χ3v) is 4.11. The van der Waals surface area contributed by atoms with Gasteiger partial charge in [0.1, 0.15) is 0 Å². The summed E-state index contributed by atoms with van der Waals surface area (Å²) in [5, 5.41) is 10.1. The third-order valence-electron chi connectivity index (χ3n) is 3.91. The predicted octanol–water partition coefficient (Wildman–Crippen LogP) is 2.08. The Labute approximate surface area is 104 Å². The van der Waals surface area contributed by atoms with Gasteiger partial charge in [0.05, 0.1) is 11.1 Å². The van der Waals surface area contributed by atoms with Crippen LogP contribution in [0.4, 0.5) is 10.2 Å². The number of hydrogen-bond acceptors (Lipinski definition) is 3. The van der Waals surface area contributed by atoms with E-state index in [1.807, 2.05) is 4.90 Å². The molecule has 1 aliphatic carbocycles. The monoisotopic (exact) mass is 256 g/mol. The molecule has 0 spiro atoms. The minimum Gasteiger partial charge on any atom is -0.393 e. The van der Waals surface area contributed by atoms with Gasteiger partial charge in [-0.25, -0.2) is 9.37 Å². The minimum absolute atomic E-state index is 0.236. The molecule has 1 aliphatic heterocycles. The Hall–Kier alpha value is -0.870. The van der Waals surface area contributed by atoms with Crippen molar-refractivity contribution in [3.05, 3.63) is 23.1 Å². The quantitative estimate of drug-likeness (QED) is 0.836. The van der Waals surface area contributed by atoms with E-state index in [4.69, 9.17) is 11.6 Å². The largest absolute Gasteiger partial charge is 0.393 e. The number of aliphatic hydroxyl groups excluding tert-OH is 1. The van der Waals surface area contributed by atoms with E-state index in [1.54, 1.807) is 0 Å². The van der Waals surface area contributed by atoms with Gasteiger partial charge in [0.15, 0.2) is 11.6 Å². The molecule has 0 bridgehead atoms. The molecule has 1 saturated carbocycles. The Morgan fingerprint density at radius 2 is 2.24 bits per heavy atom. The zero-order chi connectivity index (χ0) is 12.0. The highest BCUT2D eigenvalue weighted by atomic mass is 35.5. The summed E-state index contributed by atoms with van der Waals surface area (Å²) in [4.78, 5) is 5.97. The highest BCUT2D eigenvalue weighted by molar-refractivity contribution is 6.30. The molecule has 0 radical (unpaired) electrons. The van der Waals surface area contributed by atoms with Crippen molar-refractivity contribution >= 4 is 17.4 Å². The van der Waals surface area contributed by atoms with Crippen LogP contribution in [0.3, 0.4) is 0 Å². The van der Waals surface area contributed by atoms with Crippen molar-refractivity contribution < 1.29 is 9.50 Å². The van der Waals surface area contributed by atoms with Crippen LogP contribution >= 0.6 is 11.6 Å². The van der Waals surface area contributed by atoms with E-state index in [0.29, 0.717) is 23.3 Å². The normalized spacial score (nSPS) is 31.9. The highest BCUT2D eigenvalue weighted by Gasteiger charge is 2.42. The zero-order valence-corrected chi connectivity index (χ0v) is 10.1. The summed E-state index contributed by atoms with van der Waals surface area (Å²) in [6.45, 7) is 1.48. The first-order chi connectivity index (χ1) is 8.15. The molecule has 3 atom stereocenters. The van der Waals surface area contributed by atoms with Gasteiger partial charge in [0, 0.05) is 25.2 Å². The lowest BCUT2D eigenvalue weighted by atomic mass is 10.00. The minimum atomic E-state index is -0.382. The Morgan fingerprint density at radius 1 is 1.41 bits per heavy atom. The van der Waals surface area contributed by atoms with Crippen LogP contribution in [0.25, 0.3) is 0 Å². The van der Waals surface area contributed by atoms with Crippen LogP contribution in [0.2, 0.25) is 5.02 Å². The van der Waals surface area contributed by atoms with Gasteiger partial charge in [0.2, 0.25) is 0 Å². The molecule has 3 unspecified atom stereocenters. The summed E-state index contributed by atoms with van der Waals surface area (Å²) in [6, 6.07) is 1.29. The van der Waals surface area contributed by atoms with E-state index >= 15 is 0 Å². The van der Waals surface area contributed by atoms with Gasteiger partial charge in [-0.1, -0.05) is 11.6 Å².